The molecule has 0 radical (unpaired) electrons. The second kappa shape index (κ2) is 7.42. The van der Waals surface area contributed by atoms with Gasteiger partial charge in [0, 0.05) is 12.7 Å². The Morgan fingerprint density at radius 2 is 2.04 bits per heavy atom. The third-order valence-electron chi connectivity index (χ3n) is 3.77. The Labute approximate surface area is 141 Å². The Morgan fingerprint density at radius 3 is 2.87 bits per heavy atom. The molecule has 5 heteroatoms. The fraction of sp³-hybridized carbons (Fsp3) is 0.278. The van der Waals surface area contributed by atoms with Crippen LogP contribution in [0.5, 0.6) is 11.5 Å². The standard InChI is InChI=1S/C18H20N2O2S/c1-21-16-8-7-14(13-17(16)22-2)9-12-23-20-11-4-6-15-5-3-10-19-18(15)20/h3,5,7-10,12-13H,4,6,11H2,1-2H3/b12-9+. The zero-order valence-electron chi connectivity index (χ0n) is 13.4. The molecule has 0 fully saturated rings. The average molecular weight is 328 g/mol. The number of nitrogens with zero attached hydrogens (tertiary/aromatic N) is 2. The van der Waals surface area contributed by atoms with Crippen LogP contribution in [0.25, 0.3) is 6.08 Å². The zero-order chi connectivity index (χ0) is 16.1. The summed E-state index contributed by atoms with van der Waals surface area (Å²) in [5, 5.41) is 2.09. The number of aromatic nitrogens is 1. The van der Waals surface area contributed by atoms with E-state index in [1.807, 2.05) is 30.5 Å². The number of benzene rings is 1. The smallest absolute Gasteiger partial charge is 0.161 e. The van der Waals surface area contributed by atoms with E-state index >= 15 is 0 Å². The Hall–Kier alpha value is -2.14. The highest BCUT2D eigenvalue weighted by atomic mass is 32.2. The van der Waals surface area contributed by atoms with Gasteiger partial charge in [0.05, 0.1) is 14.2 Å². The van der Waals surface area contributed by atoms with Crippen LogP contribution >= 0.6 is 11.9 Å². The van der Waals surface area contributed by atoms with Crippen LogP contribution in [-0.2, 0) is 6.42 Å². The molecule has 0 N–H and O–H groups in total. The topological polar surface area (TPSA) is 34.6 Å². The molecule has 23 heavy (non-hydrogen) atoms. The van der Waals surface area contributed by atoms with Gasteiger partial charge in [-0.25, -0.2) is 4.98 Å². The molecule has 0 spiro atoms. The number of methoxy groups -OCH3 is 2. The highest BCUT2D eigenvalue weighted by molar-refractivity contribution is 8.03. The summed E-state index contributed by atoms with van der Waals surface area (Å²) in [6, 6.07) is 10.1. The second-order valence-electron chi connectivity index (χ2n) is 5.21. The lowest BCUT2D eigenvalue weighted by atomic mass is 10.1. The van der Waals surface area contributed by atoms with Crippen molar-refractivity contribution in [3.63, 3.8) is 0 Å². The molecule has 1 aromatic carbocycles. The molecule has 0 amide bonds. The largest absolute Gasteiger partial charge is 0.493 e. The third-order valence-corrected chi connectivity index (χ3v) is 4.64. The van der Waals surface area contributed by atoms with Gasteiger partial charge in [-0.05, 0) is 65.6 Å². The fourth-order valence-electron chi connectivity index (χ4n) is 2.61. The molecule has 0 unspecified atom stereocenters. The van der Waals surface area contributed by atoms with Crippen LogP contribution in [0, 0.1) is 0 Å². The molecule has 1 aliphatic rings. The van der Waals surface area contributed by atoms with E-state index in [0.717, 1.165) is 42.3 Å². The normalized spacial score (nSPS) is 13.9. The van der Waals surface area contributed by atoms with Gasteiger partial charge in [0.25, 0.3) is 0 Å². The van der Waals surface area contributed by atoms with Gasteiger partial charge in [0.1, 0.15) is 5.82 Å². The molecule has 2 heterocycles. The minimum Gasteiger partial charge on any atom is -0.493 e. The van der Waals surface area contributed by atoms with E-state index in [2.05, 4.69) is 26.8 Å². The first-order valence-electron chi connectivity index (χ1n) is 7.58. The van der Waals surface area contributed by atoms with Gasteiger partial charge in [-0.3, -0.25) is 4.31 Å². The van der Waals surface area contributed by atoms with Crippen LogP contribution in [0.4, 0.5) is 5.82 Å². The van der Waals surface area contributed by atoms with E-state index in [9.17, 15) is 0 Å². The van der Waals surface area contributed by atoms with Crippen molar-refractivity contribution >= 4 is 23.8 Å². The van der Waals surface area contributed by atoms with Crippen molar-refractivity contribution in [2.24, 2.45) is 0 Å². The molecule has 1 aliphatic heterocycles. The molecule has 4 nitrogen and oxygen atoms in total. The maximum absolute atomic E-state index is 5.33. The highest BCUT2D eigenvalue weighted by Crippen LogP contribution is 2.31. The predicted octanol–water partition coefficient (Wildman–Crippen LogP) is 4.17. The Morgan fingerprint density at radius 1 is 1.17 bits per heavy atom. The van der Waals surface area contributed by atoms with Crippen molar-refractivity contribution in [2.75, 3.05) is 25.1 Å². The summed E-state index contributed by atoms with van der Waals surface area (Å²) in [4.78, 5) is 4.51. The number of fused-ring (bicyclic) bond motifs is 1. The van der Waals surface area contributed by atoms with Crippen molar-refractivity contribution in [2.45, 2.75) is 12.8 Å². The molecule has 2 aromatic rings. The van der Waals surface area contributed by atoms with Crippen LogP contribution in [-0.4, -0.2) is 25.7 Å². The van der Waals surface area contributed by atoms with Crippen LogP contribution in [0.2, 0.25) is 0 Å². The van der Waals surface area contributed by atoms with E-state index in [4.69, 9.17) is 9.47 Å². The summed E-state index contributed by atoms with van der Waals surface area (Å²) < 4.78 is 12.8. The van der Waals surface area contributed by atoms with Gasteiger partial charge in [-0.1, -0.05) is 12.1 Å². The molecule has 0 bridgehead atoms. The van der Waals surface area contributed by atoms with Gasteiger partial charge in [-0.2, -0.15) is 0 Å². The zero-order valence-corrected chi connectivity index (χ0v) is 14.2. The molecule has 120 valence electrons. The van der Waals surface area contributed by atoms with Crippen molar-refractivity contribution in [1.82, 2.24) is 4.98 Å². The van der Waals surface area contributed by atoms with Crippen molar-refractivity contribution in [1.29, 1.82) is 0 Å². The molecule has 0 aliphatic carbocycles. The third kappa shape index (κ3) is 3.62. The lowest BCUT2D eigenvalue weighted by Crippen LogP contribution is -2.22. The lowest BCUT2D eigenvalue weighted by molar-refractivity contribution is 0.355. The average Bonchev–Trinajstić information content (AvgIpc) is 2.61. The van der Waals surface area contributed by atoms with E-state index in [-0.39, 0.29) is 0 Å². The molecule has 0 saturated heterocycles. The van der Waals surface area contributed by atoms with Gasteiger partial charge < -0.3 is 9.47 Å². The van der Waals surface area contributed by atoms with Crippen LogP contribution in [0.3, 0.4) is 0 Å². The first-order valence-corrected chi connectivity index (χ1v) is 8.42. The van der Waals surface area contributed by atoms with Crippen LogP contribution < -0.4 is 13.8 Å². The Kier molecular flexibility index (Phi) is 5.08. The molecule has 0 atom stereocenters. The summed E-state index contributed by atoms with van der Waals surface area (Å²) in [5.74, 6) is 2.57. The van der Waals surface area contributed by atoms with Crippen LogP contribution in [0.1, 0.15) is 17.5 Å². The Balaban J connectivity index is 1.70. The van der Waals surface area contributed by atoms with E-state index in [0.29, 0.717) is 0 Å². The molecular weight excluding hydrogens is 308 g/mol. The van der Waals surface area contributed by atoms with Gasteiger partial charge in [0.2, 0.25) is 0 Å². The van der Waals surface area contributed by atoms with Gasteiger partial charge in [-0.15, -0.1) is 0 Å². The minimum atomic E-state index is 0.740. The number of pyridine rings is 1. The number of anilines is 1. The number of aryl methyl sites for hydroxylation is 1. The van der Waals surface area contributed by atoms with Gasteiger partial charge in [0.15, 0.2) is 11.5 Å². The number of hydrogen-bond acceptors (Lipinski definition) is 5. The summed E-state index contributed by atoms with van der Waals surface area (Å²) >= 11 is 1.68. The maximum atomic E-state index is 5.33. The summed E-state index contributed by atoms with van der Waals surface area (Å²) in [6.07, 6.45) is 6.20. The quantitative estimate of drug-likeness (QED) is 0.770. The maximum Gasteiger partial charge on any atom is 0.161 e. The number of rotatable bonds is 5. The SMILES string of the molecule is COc1ccc(/C=C/SN2CCCc3cccnc32)cc1OC. The Bertz CT molecular complexity index is 703. The van der Waals surface area contributed by atoms with E-state index < -0.39 is 0 Å². The molecule has 3 rings (SSSR count). The summed E-state index contributed by atoms with van der Waals surface area (Å²) in [6.45, 7) is 1.02. The van der Waals surface area contributed by atoms with Gasteiger partial charge >= 0.3 is 0 Å². The fourth-order valence-corrected chi connectivity index (χ4v) is 3.47. The minimum absolute atomic E-state index is 0.740. The highest BCUT2D eigenvalue weighted by Gasteiger charge is 2.17. The van der Waals surface area contributed by atoms with Crippen LogP contribution in [0.15, 0.2) is 41.9 Å². The first kappa shape index (κ1) is 15.7. The van der Waals surface area contributed by atoms with E-state index in [1.165, 1.54) is 5.56 Å². The molecular formula is C18H20N2O2S. The second-order valence-corrected chi connectivity index (χ2v) is 6.14. The van der Waals surface area contributed by atoms with Crippen molar-refractivity contribution in [3.8, 4) is 11.5 Å². The predicted molar refractivity (Wildman–Crippen MR) is 96.1 cm³/mol. The molecule has 0 saturated carbocycles. The molecule has 1 aromatic heterocycles. The number of hydrogen-bond donors (Lipinski definition) is 0. The lowest BCUT2D eigenvalue weighted by Gasteiger charge is -2.27. The van der Waals surface area contributed by atoms with Crippen molar-refractivity contribution < 1.29 is 9.47 Å². The number of ether oxygens (including phenoxy) is 2. The summed E-state index contributed by atoms with van der Waals surface area (Å²) in [5.41, 5.74) is 2.40. The summed E-state index contributed by atoms with van der Waals surface area (Å²) in [7, 11) is 3.29. The van der Waals surface area contributed by atoms with Crippen molar-refractivity contribution in [3.05, 3.63) is 53.1 Å². The first-order chi connectivity index (χ1) is 11.3. The monoisotopic (exact) mass is 328 g/mol. The van der Waals surface area contributed by atoms with E-state index in [1.54, 1.807) is 26.2 Å².